The lowest BCUT2D eigenvalue weighted by molar-refractivity contribution is -0.0157. The second-order valence-electron chi connectivity index (χ2n) is 6.05. The van der Waals surface area contributed by atoms with Gasteiger partial charge in [0.15, 0.2) is 0 Å². The van der Waals surface area contributed by atoms with Crippen molar-refractivity contribution in [1.82, 2.24) is 4.90 Å². The highest BCUT2D eigenvalue weighted by Crippen LogP contribution is 2.52. The van der Waals surface area contributed by atoms with Crippen LogP contribution in [0, 0.1) is 10.8 Å². The maximum Gasteiger partial charge on any atom is 0.0715 e. The molecule has 1 aliphatic heterocycles. The first-order valence-corrected chi connectivity index (χ1v) is 5.32. The monoisotopic (exact) mass is 183 g/mol. The van der Waals surface area contributed by atoms with Crippen LogP contribution in [0.25, 0.3) is 0 Å². The molecule has 1 unspecified atom stereocenters. The Bertz CT molecular complexity index is 195. The van der Waals surface area contributed by atoms with E-state index in [2.05, 4.69) is 25.7 Å². The Hall–Kier alpha value is -0.0800. The molecule has 0 radical (unpaired) electrons. The van der Waals surface area contributed by atoms with Crippen LogP contribution in [0.15, 0.2) is 0 Å². The molecular weight excluding hydrogens is 162 g/mol. The van der Waals surface area contributed by atoms with E-state index in [1.165, 1.54) is 25.9 Å². The molecular formula is C11H21NO. The number of hydrogen-bond donors (Lipinski definition) is 1. The molecule has 1 saturated heterocycles. The first-order chi connectivity index (χ1) is 5.91. The van der Waals surface area contributed by atoms with Gasteiger partial charge in [0.05, 0.1) is 6.10 Å². The molecule has 13 heavy (non-hydrogen) atoms. The van der Waals surface area contributed by atoms with E-state index in [-0.39, 0.29) is 11.5 Å². The van der Waals surface area contributed by atoms with Gasteiger partial charge in [-0.15, -0.1) is 0 Å². The minimum absolute atomic E-state index is 0.0340. The van der Waals surface area contributed by atoms with Gasteiger partial charge in [0, 0.05) is 19.6 Å². The summed E-state index contributed by atoms with van der Waals surface area (Å²) in [6, 6.07) is 0. The van der Waals surface area contributed by atoms with Crippen LogP contribution in [0.1, 0.15) is 33.6 Å². The zero-order chi connectivity index (χ0) is 9.69. The highest BCUT2D eigenvalue weighted by atomic mass is 16.3. The van der Waals surface area contributed by atoms with Gasteiger partial charge in [-0.25, -0.2) is 0 Å². The minimum Gasteiger partial charge on any atom is -0.391 e. The molecule has 0 amide bonds. The molecule has 2 heteroatoms. The first kappa shape index (κ1) is 9.47. The van der Waals surface area contributed by atoms with Crippen molar-refractivity contribution in [1.29, 1.82) is 0 Å². The van der Waals surface area contributed by atoms with Gasteiger partial charge in [-0.05, 0) is 23.7 Å². The molecule has 1 spiro atoms. The molecule has 76 valence electrons. The maximum atomic E-state index is 9.87. The van der Waals surface area contributed by atoms with Crippen molar-refractivity contribution in [3.05, 3.63) is 0 Å². The third-order valence-corrected chi connectivity index (χ3v) is 3.51. The molecule has 2 aliphatic rings. The van der Waals surface area contributed by atoms with Crippen LogP contribution in [0.2, 0.25) is 0 Å². The predicted octanol–water partition coefficient (Wildman–Crippen LogP) is 1.49. The SMILES string of the molecule is CC(C)(C)C(O)CN1CC2(CC2)C1. The van der Waals surface area contributed by atoms with Crippen molar-refractivity contribution in [3.63, 3.8) is 0 Å². The molecule has 1 aliphatic carbocycles. The van der Waals surface area contributed by atoms with Crippen molar-refractivity contribution >= 4 is 0 Å². The van der Waals surface area contributed by atoms with Crippen LogP contribution in [0.5, 0.6) is 0 Å². The Kier molecular flexibility index (Phi) is 1.97. The fourth-order valence-electron chi connectivity index (χ4n) is 2.04. The van der Waals surface area contributed by atoms with Gasteiger partial charge in [0.2, 0.25) is 0 Å². The van der Waals surface area contributed by atoms with Gasteiger partial charge >= 0.3 is 0 Å². The van der Waals surface area contributed by atoms with E-state index in [1.54, 1.807) is 0 Å². The number of aliphatic hydroxyl groups is 1. The highest BCUT2D eigenvalue weighted by Gasteiger charge is 2.52. The van der Waals surface area contributed by atoms with E-state index in [1.807, 2.05) is 0 Å². The molecule has 1 heterocycles. The number of likely N-dealkylation sites (tertiary alicyclic amines) is 1. The first-order valence-electron chi connectivity index (χ1n) is 5.32. The summed E-state index contributed by atoms with van der Waals surface area (Å²) in [5, 5.41) is 9.87. The van der Waals surface area contributed by atoms with Crippen LogP contribution >= 0.6 is 0 Å². The molecule has 2 fully saturated rings. The third-order valence-electron chi connectivity index (χ3n) is 3.51. The average Bonchev–Trinajstić information content (AvgIpc) is 2.63. The Labute approximate surface area is 80.9 Å². The molecule has 0 aromatic rings. The zero-order valence-electron chi connectivity index (χ0n) is 9.01. The third kappa shape index (κ3) is 1.89. The lowest BCUT2D eigenvalue weighted by atomic mass is 9.87. The van der Waals surface area contributed by atoms with Crippen LogP contribution < -0.4 is 0 Å². The summed E-state index contributed by atoms with van der Waals surface area (Å²) in [6.07, 6.45) is 2.67. The van der Waals surface area contributed by atoms with E-state index in [4.69, 9.17) is 0 Å². The fraction of sp³-hybridized carbons (Fsp3) is 1.00. The Balaban J connectivity index is 1.73. The molecule has 0 bridgehead atoms. The van der Waals surface area contributed by atoms with E-state index >= 15 is 0 Å². The summed E-state index contributed by atoms with van der Waals surface area (Å²) in [5.74, 6) is 0. The number of hydrogen-bond acceptors (Lipinski definition) is 2. The van der Waals surface area contributed by atoms with Crippen molar-refractivity contribution in [2.75, 3.05) is 19.6 Å². The lowest BCUT2D eigenvalue weighted by Crippen LogP contribution is -2.52. The summed E-state index contributed by atoms with van der Waals surface area (Å²) in [4.78, 5) is 2.39. The molecule has 0 aromatic carbocycles. The quantitative estimate of drug-likeness (QED) is 0.701. The zero-order valence-corrected chi connectivity index (χ0v) is 9.01. The number of nitrogens with zero attached hydrogens (tertiary/aromatic N) is 1. The number of β-amino-alcohol motifs (C(OH)–C–C–N with tert-alkyl or cyclic N) is 1. The summed E-state index contributed by atoms with van der Waals surface area (Å²) < 4.78 is 0. The van der Waals surface area contributed by atoms with E-state index in [9.17, 15) is 5.11 Å². The van der Waals surface area contributed by atoms with E-state index in [0.717, 1.165) is 12.0 Å². The van der Waals surface area contributed by atoms with Gasteiger partial charge in [-0.2, -0.15) is 0 Å². The molecule has 1 saturated carbocycles. The van der Waals surface area contributed by atoms with Gasteiger partial charge in [0.25, 0.3) is 0 Å². The van der Waals surface area contributed by atoms with Gasteiger partial charge < -0.3 is 5.11 Å². The van der Waals surface area contributed by atoms with E-state index < -0.39 is 0 Å². The minimum atomic E-state index is -0.177. The normalized spacial score (nSPS) is 28.6. The van der Waals surface area contributed by atoms with Crippen LogP contribution in [-0.2, 0) is 0 Å². The summed E-state index contributed by atoms with van der Waals surface area (Å²) >= 11 is 0. The van der Waals surface area contributed by atoms with Gasteiger partial charge in [-0.3, -0.25) is 4.90 Å². The summed E-state index contributed by atoms with van der Waals surface area (Å²) in [6.45, 7) is 9.64. The van der Waals surface area contributed by atoms with Crippen LogP contribution in [-0.4, -0.2) is 35.7 Å². The maximum absolute atomic E-state index is 9.87. The standard InChI is InChI=1S/C11H21NO/c1-10(2,3)9(13)6-12-7-11(8-12)4-5-11/h9,13H,4-8H2,1-3H3. The largest absolute Gasteiger partial charge is 0.391 e. The van der Waals surface area contributed by atoms with Crippen LogP contribution in [0.3, 0.4) is 0 Å². The fourth-order valence-corrected chi connectivity index (χ4v) is 2.04. The second kappa shape index (κ2) is 2.71. The smallest absolute Gasteiger partial charge is 0.0715 e. The van der Waals surface area contributed by atoms with Crippen LogP contribution in [0.4, 0.5) is 0 Å². The topological polar surface area (TPSA) is 23.5 Å². The Morgan fingerprint density at radius 1 is 1.31 bits per heavy atom. The van der Waals surface area contributed by atoms with Crippen molar-refractivity contribution in [2.24, 2.45) is 10.8 Å². The summed E-state index contributed by atoms with van der Waals surface area (Å²) in [5.41, 5.74) is 0.754. The number of aliphatic hydroxyl groups excluding tert-OH is 1. The van der Waals surface area contributed by atoms with E-state index in [0.29, 0.717) is 0 Å². The Morgan fingerprint density at radius 2 is 1.85 bits per heavy atom. The number of rotatable bonds is 2. The van der Waals surface area contributed by atoms with Crippen molar-refractivity contribution in [3.8, 4) is 0 Å². The molecule has 0 aromatic heterocycles. The molecule has 2 rings (SSSR count). The lowest BCUT2D eigenvalue weighted by Gasteiger charge is -2.43. The van der Waals surface area contributed by atoms with Gasteiger partial charge in [0.1, 0.15) is 0 Å². The predicted molar refractivity (Wildman–Crippen MR) is 53.6 cm³/mol. The average molecular weight is 183 g/mol. The second-order valence-corrected chi connectivity index (χ2v) is 6.05. The van der Waals surface area contributed by atoms with Crippen molar-refractivity contribution in [2.45, 2.75) is 39.7 Å². The van der Waals surface area contributed by atoms with Crippen molar-refractivity contribution < 1.29 is 5.11 Å². The highest BCUT2D eigenvalue weighted by molar-refractivity contribution is 5.05. The Morgan fingerprint density at radius 3 is 2.23 bits per heavy atom. The van der Waals surface area contributed by atoms with Gasteiger partial charge in [-0.1, -0.05) is 20.8 Å². The molecule has 1 atom stereocenters. The molecule has 1 N–H and O–H groups in total. The summed E-state index contributed by atoms with van der Waals surface area (Å²) in [7, 11) is 0. The molecule has 2 nitrogen and oxygen atoms in total.